The molecule has 96 valence electrons. The summed E-state index contributed by atoms with van der Waals surface area (Å²) >= 11 is 1.14. The minimum absolute atomic E-state index is 0.114. The molecule has 3 fully saturated rings. The van der Waals surface area contributed by atoms with Gasteiger partial charge < -0.3 is 10.2 Å². The number of nitrogens with one attached hydrogen (secondary N) is 1. The van der Waals surface area contributed by atoms with Gasteiger partial charge in [-0.25, -0.2) is 0 Å². The quantitative estimate of drug-likeness (QED) is 0.810. The van der Waals surface area contributed by atoms with Crippen LogP contribution in [0.5, 0.6) is 0 Å². The van der Waals surface area contributed by atoms with Gasteiger partial charge in [0.2, 0.25) is 0 Å². The van der Waals surface area contributed by atoms with E-state index in [2.05, 4.69) is 19.0 Å². The van der Waals surface area contributed by atoms with Crippen LogP contribution in [0.2, 0.25) is 0 Å². The summed E-state index contributed by atoms with van der Waals surface area (Å²) in [7, 11) is 0. The fraction of sp³-hybridized carbons (Fsp3) is 0.750. The normalized spacial score (nSPS) is 37.3. The van der Waals surface area contributed by atoms with Crippen molar-refractivity contribution in [2.24, 2.45) is 11.8 Å². The Morgan fingerprint density at radius 1 is 1.28 bits per heavy atom. The van der Waals surface area contributed by atoms with Crippen molar-refractivity contribution in [1.82, 2.24) is 19.0 Å². The second-order valence-corrected chi connectivity index (χ2v) is 6.14. The zero-order valence-electron chi connectivity index (χ0n) is 10.3. The molecule has 0 radical (unpaired) electrons. The molecule has 0 aliphatic carbocycles. The van der Waals surface area contributed by atoms with Crippen LogP contribution in [0, 0.1) is 18.8 Å². The molecule has 18 heavy (non-hydrogen) atoms. The molecule has 0 unspecified atom stereocenters. The highest BCUT2D eigenvalue weighted by atomic mass is 32.1. The van der Waals surface area contributed by atoms with Crippen LogP contribution in [0.15, 0.2) is 0 Å². The fourth-order valence-electron chi connectivity index (χ4n) is 4.12. The maximum Gasteiger partial charge on any atom is 0.276 e. The summed E-state index contributed by atoms with van der Waals surface area (Å²) in [6.45, 7) is 4.02. The van der Waals surface area contributed by atoms with Crippen LogP contribution in [0.4, 0.5) is 0 Å². The van der Waals surface area contributed by atoms with Crippen molar-refractivity contribution in [2.75, 3.05) is 13.1 Å². The summed E-state index contributed by atoms with van der Waals surface area (Å²) in [6.07, 6.45) is 2.33. The van der Waals surface area contributed by atoms with Gasteiger partial charge in [-0.1, -0.05) is 0 Å². The van der Waals surface area contributed by atoms with Crippen molar-refractivity contribution in [3.63, 3.8) is 0 Å². The van der Waals surface area contributed by atoms with Gasteiger partial charge in [-0.2, -0.15) is 8.75 Å². The fourth-order valence-corrected chi connectivity index (χ4v) is 4.66. The molecule has 1 N–H and O–H groups in total. The molecule has 4 rings (SSSR count). The van der Waals surface area contributed by atoms with E-state index in [1.54, 1.807) is 0 Å². The Morgan fingerprint density at radius 2 is 1.94 bits per heavy atom. The topological polar surface area (TPSA) is 58.1 Å². The molecule has 2 bridgehead atoms. The summed E-state index contributed by atoms with van der Waals surface area (Å²) in [6, 6.07) is 0.868. The van der Waals surface area contributed by atoms with Crippen molar-refractivity contribution in [3.8, 4) is 0 Å². The SMILES string of the molecule is Cc1nsnc1C(=O)N1[C@@H]2CC[C@H]1[C@H]1CNC[C@H]12. The number of carbonyl (C=O) groups excluding carboxylic acids is 1. The van der Waals surface area contributed by atoms with Gasteiger partial charge in [0.1, 0.15) is 0 Å². The molecule has 0 aromatic carbocycles. The van der Waals surface area contributed by atoms with Crippen molar-refractivity contribution < 1.29 is 4.79 Å². The van der Waals surface area contributed by atoms with Crippen LogP contribution in [-0.4, -0.2) is 44.7 Å². The predicted molar refractivity (Wildman–Crippen MR) is 67.5 cm³/mol. The minimum atomic E-state index is 0.114. The largest absolute Gasteiger partial charge is 0.331 e. The lowest BCUT2D eigenvalue weighted by atomic mass is 9.82. The summed E-state index contributed by atoms with van der Waals surface area (Å²) in [5, 5.41) is 3.47. The maximum absolute atomic E-state index is 12.6. The number of aromatic nitrogens is 2. The van der Waals surface area contributed by atoms with Crippen molar-refractivity contribution in [1.29, 1.82) is 0 Å². The van der Waals surface area contributed by atoms with Crippen LogP contribution in [-0.2, 0) is 0 Å². The second-order valence-electron chi connectivity index (χ2n) is 5.61. The van der Waals surface area contributed by atoms with E-state index in [1.165, 1.54) is 0 Å². The lowest BCUT2D eigenvalue weighted by Gasteiger charge is -2.23. The van der Waals surface area contributed by atoms with Crippen molar-refractivity contribution in [3.05, 3.63) is 11.4 Å². The van der Waals surface area contributed by atoms with E-state index in [0.29, 0.717) is 29.6 Å². The number of fused-ring (bicyclic) bond motifs is 5. The molecule has 1 aromatic rings. The number of amides is 1. The smallest absolute Gasteiger partial charge is 0.276 e. The monoisotopic (exact) mass is 264 g/mol. The third-order valence-corrected chi connectivity index (χ3v) is 5.48. The second kappa shape index (κ2) is 3.74. The molecule has 4 heterocycles. The Morgan fingerprint density at radius 3 is 2.50 bits per heavy atom. The standard InChI is InChI=1S/C12H16N4OS/c1-6-11(15-18-14-6)12(17)16-9-2-3-10(16)8-5-13-4-7(8)9/h7-10,13H,2-5H2,1H3/t7-,8+,9-,10+. The van der Waals surface area contributed by atoms with E-state index >= 15 is 0 Å². The molecule has 1 aromatic heterocycles. The van der Waals surface area contributed by atoms with E-state index in [-0.39, 0.29) is 5.91 Å². The number of aryl methyl sites for hydroxylation is 1. The predicted octanol–water partition coefficient (Wildman–Crippen LogP) is 0.669. The molecule has 6 heteroatoms. The third kappa shape index (κ3) is 1.27. The number of carbonyl (C=O) groups is 1. The average Bonchev–Trinajstić information content (AvgIpc) is 3.09. The summed E-state index contributed by atoms with van der Waals surface area (Å²) < 4.78 is 8.30. The first kappa shape index (κ1) is 10.9. The van der Waals surface area contributed by atoms with Gasteiger partial charge in [0.25, 0.3) is 5.91 Å². The van der Waals surface area contributed by atoms with E-state index < -0.39 is 0 Å². The van der Waals surface area contributed by atoms with Gasteiger partial charge in [0, 0.05) is 25.2 Å². The Balaban J connectivity index is 1.67. The summed E-state index contributed by atoms with van der Waals surface area (Å²) in [5.41, 5.74) is 1.35. The maximum atomic E-state index is 12.6. The Labute approximate surface area is 110 Å². The van der Waals surface area contributed by atoms with Crippen LogP contribution in [0.3, 0.4) is 0 Å². The number of rotatable bonds is 1. The van der Waals surface area contributed by atoms with Crippen LogP contribution < -0.4 is 5.32 Å². The van der Waals surface area contributed by atoms with E-state index in [0.717, 1.165) is 43.4 Å². The third-order valence-electron chi connectivity index (χ3n) is 4.86. The molecule has 0 spiro atoms. The lowest BCUT2D eigenvalue weighted by molar-refractivity contribution is 0.0704. The summed E-state index contributed by atoms with van der Waals surface area (Å²) in [4.78, 5) is 14.8. The van der Waals surface area contributed by atoms with Gasteiger partial charge >= 0.3 is 0 Å². The number of hydrogen-bond acceptors (Lipinski definition) is 5. The van der Waals surface area contributed by atoms with Gasteiger partial charge in [0.05, 0.1) is 17.4 Å². The molecule has 1 amide bonds. The van der Waals surface area contributed by atoms with Crippen molar-refractivity contribution >= 4 is 17.6 Å². The van der Waals surface area contributed by atoms with E-state index in [1.807, 2.05) is 6.92 Å². The number of hydrogen-bond donors (Lipinski definition) is 1. The molecular weight excluding hydrogens is 248 g/mol. The molecule has 3 aliphatic rings. The molecule has 4 atom stereocenters. The first-order chi connectivity index (χ1) is 8.77. The Hall–Kier alpha value is -1.01. The highest BCUT2D eigenvalue weighted by Crippen LogP contribution is 2.47. The van der Waals surface area contributed by atoms with Crippen LogP contribution in [0.1, 0.15) is 29.0 Å². The molecule has 3 aliphatic heterocycles. The summed E-state index contributed by atoms with van der Waals surface area (Å²) in [5.74, 6) is 1.45. The van der Waals surface area contributed by atoms with E-state index in [9.17, 15) is 4.79 Å². The zero-order chi connectivity index (χ0) is 12.3. The first-order valence-corrected chi connectivity index (χ1v) is 7.33. The Kier molecular flexibility index (Phi) is 2.26. The van der Waals surface area contributed by atoms with Gasteiger partial charge in [-0.05, 0) is 31.6 Å². The molecular formula is C12H16N4OS. The van der Waals surface area contributed by atoms with Gasteiger partial charge in [-0.3, -0.25) is 4.79 Å². The minimum Gasteiger partial charge on any atom is -0.331 e. The molecule has 0 saturated carbocycles. The Bertz CT molecular complexity index is 484. The van der Waals surface area contributed by atoms with Gasteiger partial charge in [-0.15, -0.1) is 0 Å². The van der Waals surface area contributed by atoms with Crippen LogP contribution in [0.25, 0.3) is 0 Å². The average molecular weight is 264 g/mol. The van der Waals surface area contributed by atoms with E-state index in [4.69, 9.17) is 0 Å². The van der Waals surface area contributed by atoms with Gasteiger partial charge in [0.15, 0.2) is 5.69 Å². The molecule has 3 saturated heterocycles. The molecule has 5 nitrogen and oxygen atoms in total. The highest BCUT2D eigenvalue weighted by Gasteiger charge is 2.56. The number of nitrogens with zero attached hydrogens (tertiary/aromatic N) is 3. The lowest BCUT2D eigenvalue weighted by Crippen LogP contribution is -2.39. The van der Waals surface area contributed by atoms with Crippen molar-refractivity contribution in [2.45, 2.75) is 31.8 Å². The van der Waals surface area contributed by atoms with Crippen LogP contribution >= 0.6 is 11.7 Å². The first-order valence-electron chi connectivity index (χ1n) is 6.60. The highest BCUT2D eigenvalue weighted by molar-refractivity contribution is 6.99. The zero-order valence-corrected chi connectivity index (χ0v) is 11.1.